The third-order valence-electron chi connectivity index (χ3n) is 2.29. The van der Waals surface area contributed by atoms with E-state index in [4.69, 9.17) is 5.11 Å². The highest BCUT2D eigenvalue weighted by molar-refractivity contribution is 5.87. The fourth-order valence-corrected chi connectivity index (χ4v) is 1.37. The zero-order chi connectivity index (χ0) is 10.5. The summed E-state index contributed by atoms with van der Waals surface area (Å²) >= 11 is 0. The van der Waals surface area contributed by atoms with E-state index in [-0.39, 0.29) is 5.69 Å². The van der Waals surface area contributed by atoms with E-state index in [1.54, 1.807) is 23.1 Å². The molecule has 6 nitrogen and oxygen atoms in total. The average Bonchev–Trinajstić information content (AvgIpc) is 2.56. The van der Waals surface area contributed by atoms with Crippen LogP contribution >= 0.6 is 0 Å². The summed E-state index contributed by atoms with van der Waals surface area (Å²) < 4.78 is 3.29. The van der Waals surface area contributed by atoms with Gasteiger partial charge in [0.25, 0.3) is 0 Å². The molecule has 0 saturated carbocycles. The van der Waals surface area contributed by atoms with Crippen LogP contribution in [0.5, 0.6) is 0 Å². The van der Waals surface area contributed by atoms with Crippen molar-refractivity contribution >= 4 is 11.7 Å². The molecule has 0 saturated heterocycles. The van der Waals surface area contributed by atoms with Gasteiger partial charge in [0.15, 0.2) is 5.69 Å². The molecular weight excluding hydrogens is 184 g/mol. The molecule has 0 bridgehead atoms. The summed E-state index contributed by atoms with van der Waals surface area (Å²) in [4.78, 5) is 14.8. The second-order valence-corrected chi connectivity index (χ2v) is 3.17. The topological polar surface area (TPSA) is 72.4 Å². The first-order valence-electron chi connectivity index (χ1n) is 4.14. The van der Waals surface area contributed by atoms with E-state index in [1.807, 2.05) is 6.92 Å². The van der Waals surface area contributed by atoms with Crippen molar-refractivity contribution in [2.75, 3.05) is 0 Å². The smallest absolute Gasteiger partial charge is 0.356 e. The zero-order valence-electron chi connectivity index (χ0n) is 8.14. The first kappa shape index (κ1) is 8.74. The molecule has 2 aromatic heterocycles. The number of carbonyl (C=O) groups is 1. The minimum absolute atomic E-state index is 0.0584. The van der Waals surface area contributed by atoms with Crippen LogP contribution in [-0.4, -0.2) is 30.2 Å². The van der Waals surface area contributed by atoms with Gasteiger partial charge < -0.3 is 9.67 Å². The van der Waals surface area contributed by atoms with Crippen molar-refractivity contribution in [2.24, 2.45) is 7.05 Å². The summed E-state index contributed by atoms with van der Waals surface area (Å²) in [7, 11) is 1.80. The molecule has 0 amide bonds. The molecule has 0 atom stereocenters. The number of fused-ring (bicyclic) bond motifs is 1. The molecule has 0 fully saturated rings. The van der Waals surface area contributed by atoms with Gasteiger partial charge in [-0.3, -0.25) is 0 Å². The highest BCUT2D eigenvalue weighted by Crippen LogP contribution is 2.11. The number of aryl methyl sites for hydroxylation is 3. The Bertz CT molecular complexity index is 523. The summed E-state index contributed by atoms with van der Waals surface area (Å²) in [6, 6.07) is 0. The Kier molecular flexibility index (Phi) is 1.60. The Hall–Kier alpha value is -1.85. The van der Waals surface area contributed by atoms with Crippen LogP contribution in [-0.2, 0) is 7.05 Å². The van der Waals surface area contributed by atoms with Gasteiger partial charge in [-0.2, -0.15) is 5.10 Å². The molecule has 2 aromatic rings. The third-order valence-corrected chi connectivity index (χ3v) is 2.29. The first-order chi connectivity index (χ1) is 6.52. The van der Waals surface area contributed by atoms with Crippen LogP contribution in [0.3, 0.4) is 0 Å². The zero-order valence-corrected chi connectivity index (χ0v) is 8.14. The normalized spacial score (nSPS) is 11.1. The van der Waals surface area contributed by atoms with Crippen LogP contribution in [0.2, 0.25) is 0 Å². The van der Waals surface area contributed by atoms with Gasteiger partial charge in [0.1, 0.15) is 5.82 Å². The van der Waals surface area contributed by atoms with Crippen LogP contribution in [0.1, 0.15) is 22.0 Å². The van der Waals surface area contributed by atoms with Crippen LogP contribution in [0.15, 0.2) is 0 Å². The summed E-state index contributed by atoms with van der Waals surface area (Å²) in [6.45, 7) is 3.53. The number of carboxylic acid groups (broad SMARTS) is 1. The molecule has 1 N–H and O–H groups in total. The Morgan fingerprint density at radius 1 is 1.43 bits per heavy atom. The van der Waals surface area contributed by atoms with Crippen molar-refractivity contribution in [1.29, 1.82) is 0 Å². The standard InChI is InChI=1S/C8H10N4O2/c1-4-6(7(13)14)9-8-11(3)5(2)10-12(4)8/h1-3H3,(H,13,14). The molecule has 0 aliphatic carbocycles. The van der Waals surface area contributed by atoms with Crippen LogP contribution in [0.4, 0.5) is 0 Å². The highest BCUT2D eigenvalue weighted by atomic mass is 16.4. The fraction of sp³-hybridized carbons (Fsp3) is 0.375. The van der Waals surface area contributed by atoms with Gasteiger partial charge in [-0.25, -0.2) is 14.3 Å². The van der Waals surface area contributed by atoms with E-state index < -0.39 is 5.97 Å². The molecular formula is C8H10N4O2. The lowest BCUT2D eigenvalue weighted by atomic mass is 10.3. The van der Waals surface area contributed by atoms with Crippen molar-refractivity contribution in [2.45, 2.75) is 13.8 Å². The lowest BCUT2D eigenvalue weighted by Gasteiger charge is -1.90. The molecule has 74 valence electrons. The molecule has 2 rings (SSSR count). The maximum Gasteiger partial charge on any atom is 0.356 e. The Morgan fingerprint density at radius 2 is 2.07 bits per heavy atom. The molecule has 0 aromatic carbocycles. The van der Waals surface area contributed by atoms with Gasteiger partial charge in [-0.15, -0.1) is 0 Å². The number of aromatic nitrogens is 4. The predicted molar refractivity (Wildman–Crippen MR) is 48.4 cm³/mol. The number of aromatic carboxylic acids is 1. The second kappa shape index (κ2) is 2.57. The van der Waals surface area contributed by atoms with Gasteiger partial charge in [-0.1, -0.05) is 0 Å². The van der Waals surface area contributed by atoms with Crippen molar-refractivity contribution in [1.82, 2.24) is 19.2 Å². The number of imidazole rings is 1. The lowest BCUT2D eigenvalue weighted by molar-refractivity contribution is 0.0690. The van der Waals surface area contributed by atoms with Crippen LogP contribution in [0.25, 0.3) is 5.78 Å². The highest BCUT2D eigenvalue weighted by Gasteiger charge is 2.18. The van der Waals surface area contributed by atoms with E-state index in [2.05, 4.69) is 10.1 Å². The molecule has 6 heteroatoms. The fourth-order valence-electron chi connectivity index (χ4n) is 1.37. The second-order valence-electron chi connectivity index (χ2n) is 3.17. The lowest BCUT2D eigenvalue weighted by Crippen LogP contribution is -2.01. The van der Waals surface area contributed by atoms with E-state index in [1.165, 1.54) is 0 Å². The van der Waals surface area contributed by atoms with Gasteiger partial charge in [-0.05, 0) is 13.8 Å². The van der Waals surface area contributed by atoms with E-state index in [0.29, 0.717) is 11.5 Å². The Balaban J connectivity index is 2.83. The largest absolute Gasteiger partial charge is 0.476 e. The number of carboxylic acids is 1. The Labute approximate surface area is 79.8 Å². The molecule has 0 spiro atoms. The maximum absolute atomic E-state index is 10.8. The number of rotatable bonds is 1. The minimum Gasteiger partial charge on any atom is -0.476 e. The molecule has 0 aliphatic heterocycles. The van der Waals surface area contributed by atoms with Gasteiger partial charge >= 0.3 is 5.97 Å². The SMILES string of the molecule is Cc1nn2c(C)c(C(=O)O)nc2n1C. The van der Waals surface area contributed by atoms with Gasteiger partial charge in [0.2, 0.25) is 5.78 Å². The van der Waals surface area contributed by atoms with Gasteiger partial charge in [0.05, 0.1) is 5.69 Å². The van der Waals surface area contributed by atoms with Gasteiger partial charge in [0, 0.05) is 7.05 Å². The van der Waals surface area contributed by atoms with Crippen molar-refractivity contribution in [3.63, 3.8) is 0 Å². The first-order valence-corrected chi connectivity index (χ1v) is 4.14. The summed E-state index contributed by atoms with van der Waals surface area (Å²) in [6.07, 6.45) is 0. The van der Waals surface area contributed by atoms with E-state index in [0.717, 1.165) is 5.82 Å². The number of hydrogen-bond donors (Lipinski definition) is 1. The summed E-state index contributed by atoms with van der Waals surface area (Å²) in [5, 5.41) is 13.0. The monoisotopic (exact) mass is 194 g/mol. The van der Waals surface area contributed by atoms with E-state index >= 15 is 0 Å². The Morgan fingerprint density at radius 3 is 2.57 bits per heavy atom. The third kappa shape index (κ3) is 0.935. The number of hydrogen-bond acceptors (Lipinski definition) is 3. The summed E-state index contributed by atoms with van der Waals surface area (Å²) in [5.74, 6) is 0.329. The van der Waals surface area contributed by atoms with E-state index in [9.17, 15) is 4.79 Å². The summed E-state index contributed by atoms with van der Waals surface area (Å²) in [5.41, 5.74) is 0.610. The molecule has 0 aliphatic rings. The average molecular weight is 194 g/mol. The van der Waals surface area contributed by atoms with Crippen molar-refractivity contribution < 1.29 is 9.90 Å². The van der Waals surface area contributed by atoms with Crippen molar-refractivity contribution in [3.05, 3.63) is 17.2 Å². The molecule has 0 radical (unpaired) electrons. The minimum atomic E-state index is -1.02. The van der Waals surface area contributed by atoms with Crippen LogP contribution in [0, 0.1) is 13.8 Å². The molecule has 0 unspecified atom stereocenters. The quantitative estimate of drug-likeness (QED) is 0.712. The molecule has 14 heavy (non-hydrogen) atoms. The molecule has 2 heterocycles. The number of nitrogens with zero attached hydrogens (tertiary/aromatic N) is 4. The van der Waals surface area contributed by atoms with Crippen molar-refractivity contribution in [3.8, 4) is 0 Å². The predicted octanol–water partition coefficient (Wildman–Crippen LogP) is 0.383. The maximum atomic E-state index is 10.8. The van der Waals surface area contributed by atoms with Crippen LogP contribution < -0.4 is 0 Å².